The zero-order valence-electron chi connectivity index (χ0n) is 10.8. The fraction of sp³-hybridized carbons (Fsp3) is 0.308. The number of carbonyl (C=O) groups excluding carboxylic acids is 1. The Morgan fingerprint density at radius 3 is 2.74 bits per heavy atom. The lowest BCUT2D eigenvalue weighted by Crippen LogP contribution is -2.19. The van der Waals surface area contributed by atoms with E-state index in [2.05, 4.69) is 15.6 Å². The summed E-state index contributed by atoms with van der Waals surface area (Å²) in [6.07, 6.45) is 4.49. The van der Waals surface area contributed by atoms with Crippen LogP contribution in [0.1, 0.15) is 19.8 Å². The summed E-state index contributed by atoms with van der Waals surface area (Å²) in [5.41, 5.74) is 7.27. The predicted molar refractivity (Wildman–Crippen MR) is 72.9 cm³/mol. The molecule has 1 aromatic carbocycles. The Hall–Kier alpha value is -2.21. The van der Waals surface area contributed by atoms with Crippen LogP contribution >= 0.6 is 0 Å². The molecule has 0 saturated carbocycles. The molecule has 3 N–H and O–H groups in total. The summed E-state index contributed by atoms with van der Waals surface area (Å²) >= 11 is 0. The summed E-state index contributed by atoms with van der Waals surface area (Å²) in [6.45, 7) is 1.89. The first kappa shape index (κ1) is 13.2. The number of carbonyl (C=O) groups is 1. The lowest BCUT2D eigenvalue weighted by atomic mass is 10.2. The van der Waals surface area contributed by atoms with E-state index in [1.165, 1.54) is 0 Å². The predicted octanol–water partition coefficient (Wildman–Crippen LogP) is 1.33. The van der Waals surface area contributed by atoms with Crippen molar-refractivity contribution in [2.24, 2.45) is 5.73 Å². The number of nitrogens with one attached hydrogen (secondary N) is 1. The Kier molecular flexibility index (Phi) is 4.25. The van der Waals surface area contributed by atoms with Gasteiger partial charge in [-0.2, -0.15) is 0 Å². The van der Waals surface area contributed by atoms with Crippen LogP contribution in [0.15, 0.2) is 36.7 Å². The minimum Gasteiger partial charge on any atom is -0.328 e. The largest absolute Gasteiger partial charge is 0.328 e. The number of hydrogen-bond acceptors (Lipinski definition) is 4. The Bertz CT molecular complexity index is 518. The van der Waals surface area contributed by atoms with E-state index in [9.17, 15) is 4.79 Å². The molecule has 19 heavy (non-hydrogen) atoms. The zero-order chi connectivity index (χ0) is 13.7. The number of nitrogens with two attached hydrogens (primary N) is 1. The smallest absolute Gasteiger partial charge is 0.224 e. The van der Waals surface area contributed by atoms with Gasteiger partial charge in [-0.1, -0.05) is 5.21 Å². The van der Waals surface area contributed by atoms with E-state index in [1.54, 1.807) is 17.1 Å². The molecule has 0 bridgehead atoms. The monoisotopic (exact) mass is 259 g/mol. The van der Waals surface area contributed by atoms with Crippen LogP contribution in [0.2, 0.25) is 0 Å². The van der Waals surface area contributed by atoms with Crippen LogP contribution in [-0.2, 0) is 4.79 Å². The number of nitrogens with zero attached hydrogens (tertiary/aromatic N) is 3. The van der Waals surface area contributed by atoms with Gasteiger partial charge in [0.1, 0.15) is 0 Å². The number of aromatic nitrogens is 3. The van der Waals surface area contributed by atoms with Crippen molar-refractivity contribution >= 4 is 11.6 Å². The van der Waals surface area contributed by atoms with Gasteiger partial charge in [-0.3, -0.25) is 4.79 Å². The molecule has 1 aromatic heterocycles. The fourth-order valence-electron chi connectivity index (χ4n) is 1.63. The summed E-state index contributed by atoms with van der Waals surface area (Å²) in [7, 11) is 0. The number of anilines is 1. The third kappa shape index (κ3) is 3.89. The minimum atomic E-state index is -0.0224. The van der Waals surface area contributed by atoms with E-state index in [-0.39, 0.29) is 11.9 Å². The van der Waals surface area contributed by atoms with Gasteiger partial charge in [0.25, 0.3) is 0 Å². The van der Waals surface area contributed by atoms with Gasteiger partial charge in [0.2, 0.25) is 5.91 Å². The van der Waals surface area contributed by atoms with Crippen LogP contribution in [0.4, 0.5) is 5.69 Å². The standard InChI is InChI=1S/C13H17N5O/c1-10(14)2-7-13(19)16-11-3-5-12(6-4-11)18-9-8-15-17-18/h3-6,8-10H,2,7,14H2,1H3,(H,16,19). The summed E-state index contributed by atoms with van der Waals surface area (Å²) in [5.74, 6) is -0.0224. The van der Waals surface area contributed by atoms with Gasteiger partial charge in [0.05, 0.1) is 18.1 Å². The van der Waals surface area contributed by atoms with Gasteiger partial charge in [-0.05, 0) is 37.6 Å². The van der Waals surface area contributed by atoms with E-state index in [0.29, 0.717) is 12.8 Å². The Labute approximate surface area is 111 Å². The molecule has 0 saturated heterocycles. The number of amides is 1. The quantitative estimate of drug-likeness (QED) is 0.848. The molecule has 2 aromatic rings. The van der Waals surface area contributed by atoms with Gasteiger partial charge in [0.15, 0.2) is 0 Å². The van der Waals surface area contributed by atoms with Crippen LogP contribution < -0.4 is 11.1 Å². The second kappa shape index (κ2) is 6.10. The molecule has 0 aliphatic heterocycles. The maximum atomic E-state index is 11.6. The molecule has 100 valence electrons. The summed E-state index contributed by atoms with van der Waals surface area (Å²) < 4.78 is 1.65. The Morgan fingerprint density at radius 2 is 2.16 bits per heavy atom. The molecule has 0 aliphatic carbocycles. The number of benzene rings is 1. The van der Waals surface area contributed by atoms with Crippen molar-refractivity contribution in [1.29, 1.82) is 0 Å². The highest BCUT2D eigenvalue weighted by molar-refractivity contribution is 5.90. The highest BCUT2D eigenvalue weighted by atomic mass is 16.1. The van der Waals surface area contributed by atoms with E-state index in [1.807, 2.05) is 31.2 Å². The normalized spacial score (nSPS) is 12.1. The molecule has 6 nitrogen and oxygen atoms in total. The summed E-state index contributed by atoms with van der Waals surface area (Å²) in [6, 6.07) is 7.45. The van der Waals surface area contributed by atoms with E-state index < -0.39 is 0 Å². The van der Waals surface area contributed by atoms with Crippen molar-refractivity contribution in [1.82, 2.24) is 15.0 Å². The lowest BCUT2D eigenvalue weighted by molar-refractivity contribution is -0.116. The first-order chi connectivity index (χ1) is 9.15. The highest BCUT2D eigenvalue weighted by Crippen LogP contribution is 2.12. The van der Waals surface area contributed by atoms with Crippen molar-refractivity contribution in [3.8, 4) is 5.69 Å². The van der Waals surface area contributed by atoms with Crippen LogP contribution in [0, 0.1) is 0 Å². The van der Waals surface area contributed by atoms with Crippen molar-refractivity contribution in [2.45, 2.75) is 25.8 Å². The van der Waals surface area contributed by atoms with Crippen molar-refractivity contribution in [3.05, 3.63) is 36.7 Å². The third-order valence-corrected chi connectivity index (χ3v) is 2.66. The molecule has 2 rings (SSSR count). The molecule has 0 fully saturated rings. The second-order valence-corrected chi connectivity index (χ2v) is 4.46. The molecule has 0 aliphatic rings. The molecular formula is C13H17N5O. The molecule has 1 atom stereocenters. The topological polar surface area (TPSA) is 85.8 Å². The van der Waals surface area contributed by atoms with Crippen LogP contribution in [0.5, 0.6) is 0 Å². The van der Waals surface area contributed by atoms with Crippen LogP contribution in [-0.4, -0.2) is 26.9 Å². The number of hydrogen-bond donors (Lipinski definition) is 2. The van der Waals surface area contributed by atoms with Crippen molar-refractivity contribution in [2.75, 3.05) is 5.32 Å². The average Bonchev–Trinajstić information content (AvgIpc) is 2.91. The van der Waals surface area contributed by atoms with Crippen LogP contribution in [0.25, 0.3) is 5.69 Å². The lowest BCUT2D eigenvalue weighted by Gasteiger charge is -2.07. The third-order valence-electron chi connectivity index (χ3n) is 2.66. The van der Waals surface area contributed by atoms with Crippen LogP contribution in [0.3, 0.4) is 0 Å². The molecular weight excluding hydrogens is 242 g/mol. The SMILES string of the molecule is CC(N)CCC(=O)Nc1ccc(-n2ccnn2)cc1. The second-order valence-electron chi connectivity index (χ2n) is 4.46. The minimum absolute atomic E-state index is 0.0224. The first-order valence-corrected chi connectivity index (χ1v) is 6.17. The maximum absolute atomic E-state index is 11.6. The van der Waals surface area contributed by atoms with E-state index in [4.69, 9.17) is 5.73 Å². The Morgan fingerprint density at radius 1 is 1.42 bits per heavy atom. The van der Waals surface area contributed by atoms with Gasteiger partial charge in [-0.25, -0.2) is 4.68 Å². The maximum Gasteiger partial charge on any atom is 0.224 e. The van der Waals surface area contributed by atoms with Gasteiger partial charge >= 0.3 is 0 Å². The molecule has 1 unspecified atom stereocenters. The first-order valence-electron chi connectivity index (χ1n) is 6.17. The molecule has 1 heterocycles. The molecule has 0 spiro atoms. The summed E-state index contributed by atoms with van der Waals surface area (Å²) in [4.78, 5) is 11.6. The number of rotatable bonds is 5. The van der Waals surface area contributed by atoms with E-state index >= 15 is 0 Å². The van der Waals surface area contributed by atoms with Gasteiger partial charge < -0.3 is 11.1 Å². The zero-order valence-corrected chi connectivity index (χ0v) is 10.8. The van der Waals surface area contributed by atoms with Gasteiger partial charge in [0, 0.05) is 18.2 Å². The van der Waals surface area contributed by atoms with Crippen molar-refractivity contribution < 1.29 is 4.79 Å². The van der Waals surface area contributed by atoms with E-state index in [0.717, 1.165) is 11.4 Å². The highest BCUT2D eigenvalue weighted by Gasteiger charge is 2.04. The molecule has 6 heteroatoms. The average molecular weight is 259 g/mol. The van der Waals surface area contributed by atoms with Gasteiger partial charge in [-0.15, -0.1) is 5.10 Å². The summed E-state index contributed by atoms with van der Waals surface area (Å²) in [5, 5.41) is 10.5. The Balaban J connectivity index is 1.94. The molecule has 0 radical (unpaired) electrons. The van der Waals surface area contributed by atoms with Crippen molar-refractivity contribution in [3.63, 3.8) is 0 Å². The molecule has 1 amide bonds. The fourth-order valence-corrected chi connectivity index (χ4v) is 1.63.